The van der Waals surface area contributed by atoms with Gasteiger partial charge in [-0.05, 0) is 76.3 Å². The molecule has 0 saturated carbocycles. The van der Waals surface area contributed by atoms with E-state index in [1.165, 1.54) is 197 Å². The summed E-state index contributed by atoms with van der Waals surface area (Å²) >= 11 is 0. The van der Waals surface area contributed by atoms with Gasteiger partial charge in [0.05, 0.1) is 13.1 Å². The number of rotatable bonds is 46. The van der Waals surface area contributed by atoms with Crippen LogP contribution in [0.5, 0.6) is 0 Å². The summed E-state index contributed by atoms with van der Waals surface area (Å²) < 4.78 is 11.0. The van der Waals surface area contributed by atoms with Crippen LogP contribution in [0.3, 0.4) is 0 Å². The average molecular weight is 924 g/mol. The number of aromatic nitrogens is 1. The molecule has 11 heteroatoms. The van der Waals surface area contributed by atoms with Crippen LogP contribution in [0.25, 0.3) is 0 Å². The van der Waals surface area contributed by atoms with E-state index in [0.717, 1.165) is 38.5 Å². The molecule has 11 nitrogen and oxygen atoms in total. The first-order valence-electron chi connectivity index (χ1n) is 27.0. The molecule has 0 unspecified atom stereocenters. The molecule has 0 aliphatic carbocycles. The van der Waals surface area contributed by atoms with E-state index < -0.39 is 11.8 Å². The van der Waals surface area contributed by atoms with E-state index in [9.17, 15) is 19.2 Å². The molecule has 0 radical (unpaired) electrons. The fourth-order valence-electron chi connectivity index (χ4n) is 8.09. The molecule has 1 aromatic rings. The maximum atomic E-state index is 13.5. The van der Waals surface area contributed by atoms with Crippen LogP contribution in [0.2, 0.25) is 0 Å². The zero-order valence-electron chi connectivity index (χ0n) is 42.2. The summed E-state index contributed by atoms with van der Waals surface area (Å²) in [4.78, 5) is 58.6. The van der Waals surface area contributed by atoms with Gasteiger partial charge in [-0.25, -0.2) is 0 Å². The van der Waals surface area contributed by atoms with Gasteiger partial charge in [0.25, 0.3) is 11.8 Å². The fourth-order valence-corrected chi connectivity index (χ4v) is 8.09. The van der Waals surface area contributed by atoms with Gasteiger partial charge in [0, 0.05) is 12.8 Å². The van der Waals surface area contributed by atoms with E-state index in [-0.39, 0.29) is 55.6 Å². The van der Waals surface area contributed by atoms with Crippen molar-refractivity contribution in [3.8, 4) is 0 Å². The number of aromatic amines is 1. The maximum absolute atomic E-state index is 13.5. The van der Waals surface area contributed by atoms with E-state index in [1.807, 2.05) is 0 Å². The largest absolute Gasteiger partial charge is 0.464 e. The van der Waals surface area contributed by atoms with Crippen LogP contribution in [-0.4, -0.2) is 65.9 Å². The van der Waals surface area contributed by atoms with Gasteiger partial charge in [0.2, 0.25) is 0 Å². The lowest BCUT2D eigenvalue weighted by molar-refractivity contribution is -0.144. The lowest BCUT2D eigenvalue weighted by Gasteiger charge is -2.22. The fraction of sp³-hybridized carbons (Fsp3) is 0.764. The molecule has 0 spiro atoms. The van der Waals surface area contributed by atoms with Crippen molar-refractivity contribution in [2.24, 2.45) is 16.5 Å². The number of nitrogens with two attached hydrogens (primary N) is 2. The molecule has 66 heavy (non-hydrogen) atoms. The van der Waals surface area contributed by atoms with E-state index in [1.54, 1.807) is 0 Å². The predicted octanol–water partition coefficient (Wildman–Crippen LogP) is 14.2. The van der Waals surface area contributed by atoms with Crippen molar-refractivity contribution in [1.82, 2.24) is 9.88 Å². The number of ether oxygens (including phenoxy) is 2. The Morgan fingerprint density at radius 2 is 0.803 bits per heavy atom. The first kappa shape index (κ1) is 60.1. The van der Waals surface area contributed by atoms with Crippen LogP contribution in [0.4, 0.5) is 0 Å². The van der Waals surface area contributed by atoms with Crippen LogP contribution in [0, 0.1) is 0 Å². The Morgan fingerprint density at radius 3 is 1.15 bits per heavy atom. The number of allylic oxidation sites excluding steroid dienone is 4. The molecular weight excluding hydrogens is 827 g/mol. The summed E-state index contributed by atoms with van der Waals surface area (Å²) in [5.74, 6) is -2.11. The van der Waals surface area contributed by atoms with E-state index >= 15 is 0 Å². The van der Waals surface area contributed by atoms with Gasteiger partial charge in [-0.1, -0.05) is 192 Å². The Labute approximate surface area is 402 Å². The number of carbonyl (C=O) groups excluding carboxylic acids is 4. The number of hydrogen-bond acceptors (Lipinski definition) is 6. The number of guanidine groups is 1. The highest BCUT2D eigenvalue weighted by molar-refractivity contribution is 6.02. The second kappa shape index (κ2) is 44.9. The number of nitrogens with one attached hydrogen (secondary N) is 1. The van der Waals surface area contributed by atoms with Crippen molar-refractivity contribution >= 4 is 29.7 Å². The Morgan fingerprint density at radius 1 is 0.485 bits per heavy atom. The third-order valence-electron chi connectivity index (χ3n) is 12.2. The van der Waals surface area contributed by atoms with Crippen molar-refractivity contribution in [1.29, 1.82) is 0 Å². The number of aliphatic imine (C=N–C) groups is 1. The number of esters is 2. The highest BCUT2D eigenvalue weighted by Gasteiger charge is 2.20. The topological polar surface area (TPSA) is 170 Å². The quantitative estimate of drug-likeness (QED) is 0.0191. The molecule has 0 aromatic carbocycles. The van der Waals surface area contributed by atoms with E-state index in [2.05, 4.69) is 48.1 Å². The lowest BCUT2D eigenvalue weighted by Crippen LogP contribution is -2.37. The standard InChI is InChI=1S/C55H97N5O6/c1-3-5-7-9-11-13-15-17-19-21-23-25-27-29-31-33-35-37-39-41-51(61)65-47-45-60(54(64)50-44-43-49(58-50)53(63)59-55(56)57)46-48-66-52(62)42-40-38-36-34-32-30-28-26-24-22-20-18-16-14-12-10-8-6-4-2/h17-20,43-44,58H,3-16,21-42,45-48H2,1-2H3,(H4,56,57,59,63)/b19-17-,20-18-. The van der Waals surface area contributed by atoms with Crippen LogP contribution >= 0.6 is 0 Å². The molecule has 1 aromatic heterocycles. The van der Waals surface area contributed by atoms with Crippen molar-refractivity contribution < 1.29 is 28.7 Å². The molecule has 1 heterocycles. The highest BCUT2D eigenvalue weighted by Crippen LogP contribution is 2.15. The molecule has 0 aliphatic heterocycles. The minimum atomic E-state index is -0.705. The molecular formula is C55H97N5O6. The second-order valence-electron chi connectivity index (χ2n) is 18.4. The van der Waals surface area contributed by atoms with Crippen molar-refractivity contribution in [3.63, 3.8) is 0 Å². The number of carbonyl (C=O) groups is 4. The number of amides is 2. The molecule has 2 amide bonds. The minimum Gasteiger partial charge on any atom is -0.464 e. The monoisotopic (exact) mass is 924 g/mol. The summed E-state index contributed by atoms with van der Waals surface area (Å²) in [5.41, 5.74) is 10.9. The lowest BCUT2D eigenvalue weighted by atomic mass is 10.1. The first-order chi connectivity index (χ1) is 32.3. The summed E-state index contributed by atoms with van der Waals surface area (Å²) in [6, 6.07) is 2.90. The average Bonchev–Trinajstić information content (AvgIpc) is 3.81. The third-order valence-corrected chi connectivity index (χ3v) is 12.2. The molecule has 0 aliphatic rings. The van der Waals surface area contributed by atoms with Crippen LogP contribution in [0.15, 0.2) is 41.4 Å². The van der Waals surface area contributed by atoms with Gasteiger partial charge >= 0.3 is 11.9 Å². The molecule has 0 atom stereocenters. The Bertz CT molecular complexity index is 1370. The van der Waals surface area contributed by atoms with E-state index in [4.69, 9.17) is 20.9 Å². The van der Waals surface area contributed by atoms with Gasteiger partial charge in [-0.15, -0.1) is 0 Å². The summed E-state index contributed by atoms with van der Waals surface area (Å²) in [7, 11) is 0. The molecule has 1 rings (SSSR count). The van der Waals surface area contributed by atoms with Gasteiger partial charge in [0.1, 0.15) is 24.6 Å². The number of H-pyrrole nitrogens is 1. The SMILES string of the molecule is CCCCCCCC/C=C\CCCCCCCCCCCC(=O)OCCN(CCOC(=O)CCCCCCCCCCC/C=C\CCCCCCCC)C(=O)c1ccc(C(=O)N=C(N)N)[nH]1. The van der Waals surface area contributed by atoms with Crippen molar-refractivity contribution in [2.45, 2.75) is 245 Å². The third kappa shape index (κ3) is 37.2. The van der Waals surface area contributed by atoms with Crippen molar-refractivity contribution in [3.05, 3.63) is 47.8 Å². The number of hydrogen-bond donors (Lipinski definition) is 3. The van der Waals surface area contributed by atoms with Crippen LogP contribution in [0.1, 0.15) is 266 Å². The predicted molar refractivity (Wildman–Crippen MR) is 275 cm³/mol. The normalized spacial score (nSPS) is 11.4. The minimum absolute atomic E-state index is 0.00460. The summed E-state index contributed by atoms with van der Waals surface area (Å²) in [6.07, 6.45) is 52.2. The highest BCUT2D eigenvalue weighted by atomic mass is 16.5. The zero-order chi connectivity index (χ0) is 48.0. The molecule has 5 N–H and O–H groups in total. The molecule has 378 valence electrons. The summed E-state index contributed by atoms with van der Waals surface area (Å²) in [5, 5.41) is 0. The molecule has 0 fully saturated rings. The Hall–Kier alpha value is -3.89. The van der Waals surface area contributed by atoms with Crippen molar-refractivity contribution in [2.75, 3.05) is 26.3 Å². The number of nitrogens with zero attached hydrogens (tertiary/aromatic N) is 2. The second-order valence-corrected chi connectivity index (χ2v) is 18.4. The van der Waals surface area contributed by atoms with Gasteiger partial charge in [-0.2, -0.15) is 4.99 Å². The summed E-state index contributed by atoms with van der Waals surface area (Å²) in [6.45, 7) is 4.74. The zero-order valence-corrected chi connectivity index (χ0v) is 42.2. The molecule has 0 saturated heterocycles. The van der Waals surface area contributed by atoms with Gasteiger partial charge in [0.15, 0.2) is 5.96 Å². The Balaban J connectivity index is 2.26. The van der Waals surface area contributed by atoms with Gasteiger partial charge < -0.3 is 30.8 Å². The van der Waals surface area contributed by atoms with Gasteiger partial charge in [-0.3, -0.25) is 19.2 Å². The van der Waals surface area contributed by atoms with Crippen LogP contribution < -0.4 is 11.5 Å². The Kier molecular flexibility index (Phi) is 40.9. The number of unbranched alkanes of at least 4 members (excludes halogenated alkanes) is 30. The van der Waals surface area contributed by atoms with Crippen LogP contribution in [-0.2, 0) is 19.1 Å². The smallest absolute Gasteiger partial charge is 0.305 e. The molecule has 0 bridgehead atoms. The van der Waals surface area contributed by atoms with E-state index in [0.29, 0.717) is 12.8 Å². The first-order valence-corrected chi connectivity index (χ1v) is 27.0. The maximum Gasteiger partial charge on any atom is 0.305 e.